The van der Waals surface area contributed by atoms with Crippen LogP contribution in [0.1, 0.15) is 44.6 Å². The average molecular weight is 415 g/mol. The third kappa shape index (κ3) is 5.95. The fourth-order valence-electron chi connectivity index (χ4n) is 3.06. The first-order valence-electron chi connectivity index (χ1n) is 9.91. The maximum Gasteiger partial charge on any atom is 0.309 e. The van der Waals surface area contributed by atoms with Crippen LogP contribution >= 0.6 is 0 Å². The van der Waals surface area contributed by atoms with Crippen LogP contribution in [0, 0.1) is 11.8 Å². The van der Waals surface area contributed by atoms with E-state index in [0.29, 0.717) is 5.75 Å². The second kappa shape index (κ2) is 10.6. The molecule has 0 saturated heterocycles. The predicted octanol–water partition coefficient (Wildman–Crippen LogP) is 4.04. The molecule has 0 unspecified atom stereocenters. The van der Waals surface area contributed by atoms with Gasteiger partial charge in [0.15, 0.2) is 23.0 Å². The van der Waals surface area contributed by atoms with Gasteiger partial charge >= 0.3 is 5.97 Å². The highest BCUT2D eigenvalue weighted by Crippen LogP contribution is 2.29. The molecule has 0 spiro atoms. The van der Waals surface area contributed by atoms with Crippen LogP contribution in [0.5, 0.6) is 17.2 Å². The van der Waals surface area contributed by atoms with Crippen molar-refractivity contribution in [2.45, 2.75) is 46.3 Å². The highest BCUT2D eigenvalue weighted by atomic mass is 16.6. The number of hydrogen-bond donors (Lipinski definition) is 1. The van der Waals surface area contributed by atoms with E-state index in [4.69, 9.17) is 14.2 Å². The van der Waals surface area contributed by atoms with Crippen molar-refractivity contribution in [1.29, 1.82) is 0 Å². The van der Waals surface area contributed by atoms with Gasteiger partial charge in [0.2, 0.25) is 0 Å². The number of rotatable bonds is 10. The molecule has 1 aromatic carbocycles. The molecule has 30 heavy (non-hydrogen) atoms. The number of Topliss-reactive ketones (excluding diaryl/α,β-unsaturated/α-hetero) is 1. The standard InChI is InChI=1S/C23H29NO6/c1-14(2)22(30-17-9-7-6-8-10-17)16(4)29-23(27)15(3)13-18(25)20-21(26)19(28-5)11-12-24-20/h6-12,14-16,22,26H,13H2,1-5H3/t15-,16-,22-/m0/s1. The van der Waals surface area contributed by atoms with Gasteiger partial charge in [-0.25, -0.2) is 4.98 Å². The van der Waals surface area contributed by atoms with E-state index in [2.05, 4.69) is 4.98 Å². The van der Waals surface area contributed by atoms with Gasteiger partial charge in [0.05, 0.1) is 13.0 Å². The summed E-state index contributed by atoms with van der Waals surface area (Å²) < 4.78 is 16.6. The molecule has 0 amide bonds. The lowest BCUT2D eigenvalue weighted by Gasteiger charge is -2.29. The molecule has 0 aliphatic heterocycles. The van der Waals surface area contributed by atoms with Gasteiger partial charge in [-0.2, -0.15) is 0 Å². The summed E-state index contributed by atoms with van der Waals surface area (Å²) in [6, 6.07) is 10.8. The van der Waals surface area contributed by atoms with Gasteiger partial charge in [-0.05, 0) is 25.0 Å². The normalized spacial score (nSPS) is 13.9. The van der Waals surface area contributed by atoms with E-state index in [0.717, 1.165) is 0 Å². The summed E-state index contributed by atoms with van der Waals surface area (Å²) >= 11 is 0. The quantitative estimate of drug-likeness (QED) is 0.462. The molecule has 3 atom stereocenters. The molecular formula is C23H29NO6. The molecule has 2 rings (SSSR count). The van der Waals surface area contributed by atoms with E-state index in [-0.39, 0.29) is 35.6 Å². The number of para-hydroxylation sites is 1. The van der Waals surface area contributed by atoms with Crippen LogP contribution in [-0.4, -0.2) is 41.2 Å². The smallest absolute Gasteiger partial charge is 0.309 e. The summed E-state index contributed by atoms with van der Waals surface area (Å²) in [5, 5.41) is 10.1. The number of aromatic hydroxyl groups is 1. The molecule has 0 saturated carbocycles. The Labute approximate surface area is 177 Å². The van der Waals surface area contributed by atoms with Crippen LogP contribution in [0.25, 0.3) is 0 Å². The summed E-state index contributed by atoms with van der Waals surface area (Å²) in [5.74, 6) is -1.09. The van der Waals surface area contributed by atoms with Crippen molar-refractivity contribution in [2.24, 2.45) is 11.8 Å². The van der Waals surface area contributed by atoms with Crippen LogP contribution in [-0.2, 0) is 9.53 Å². The average Bonchev–Trinajstić information content (AvgIpc) is 2.72. The molecule has 2 aromatic rings. The maximum atomic E-state index is 12.6. The van der Waals surface area contributed by atoms with E-state index >= 15 is 0 Å². The molecule has 7 heteroatoms. The topological polar surface area (TPSA) is 95.0 Å². The molecule has 0 radical (unpaired) electrons. The van der Waals surface area contributed by atoms with Gasteiger partial charge in [-0.1, -0.05) is 39.0 Å². The summed E-state index contributed by atoms with van der Waals surface area (Å²) in [7, 11) is 1.38. The van der Waals surface area contributed by atoms with Crippen LogP contribution in [0.3, 0.4) is 0 Å². The zero-order valence-electron chi connectivity index (χ0n) is 18.0. The Hall–Kier alpha value is -3.09. The number of ether oxygens (including phenoxy) is 3. The van der Waals surface area contributed by atoms with E-state index in [9.17, 15) is 14.7 Å². The van der Waals surface area contributed by atoms with Gasteiger partial charge in [0.25, 0.3) is 0 Å². The lowest BCUT2D eigenvalue weighted by molar-refractivity contribution is -0.158. The van der Waals surface area contributed by atoms with Crippen molar-refractivity contribution in [3.63, 3.8) is 0 Å². The summed E-state index contributed by atoms with van der Waals surface area (Å²) in [6.07, 6.45) is 0.359. The van der Waals surface area contributed by atoms with Crippen LogP contribution in [0.15, 0.2) is 42.6 Å². The van der Waals surface area contributed by atoms with Crippen LogP contribution in [0.4, 0.5) is 0 Å². The first kappa shape index (κ1) is 23.2. The predicted molar refractivity (Wildman–Crippen MR) is 112 cm³/mol. The van der Waals surface area contributed by atoms with Gasteiger partial charge in [0.1, 0.15) is 18.0 Å². The molecular weight excluding hydrogens is 386 g/mol. The fraction of sp³-hybridized carbons (Fsp3) is 0.435. The molecule has 1 N–H and O–H groups in total. The van der Waals surface area contributed by atoms with Gasteiger partial charge in [-0.3, -0.25) is 9.59 Å². The number of pyridine rings is 1. The van der Waals surface area contributed by atoms with Crippen molar-refractivity contribution in [2.75, 3.05) is 7.11 Å². The number of carbonyl (C=O) groups is 2. The SMILES string of the molecule is COc1ccnc(C(=O)C[C@H](C)C(=O)O[C@@H](C)[C@@H](Oc2ccccc2)C(C)C)c1O. The minimum absolute atomic E-state index is 0.0999. The van der Waals surface area contributed by atoms with Crippen molar-refractivity contribution >= 4 is 11.8 Å². The zero-order valence-corrected chi connectivity index (χ0v) is 18.0. The molecule has 0 bridgehead atoms. The lowest BCUT2D eigenvalue weighted by atomic mass is 10.0. The summed E-state index contributed by atoms with van der Waals surface area (Å²) in [5.41, 5.74) is -0.130. The van der Waals surface area contributed by atoms with Crippen molar-refractivity contribution < 1.29 is 28.9 Å². The maximum absolute atomic E-state index is 12.6. The molecule has 1 heterocycles. The number of benzene rings is 1. The third-order valence-corrected chi connectivity index (χ3v) is 4.70. The number of ketones is 1. The van der Waals surface area contributed by atoms with Gasteiger partial charge < -0.3 is 19.3 Å². The summed E-state index contributed by atoms with van der Waals surface area (Å²) in [6.45, 7) is 7.35. The van der Waals surface area contributed by atoms with E-state index in [1.807, 2.05) is 44.2 Å². The molecule has 0 aliphatic carbocycles. The minimum Gasteiger partial charge on any atom is -0.503 e. The fourth-order valence-corrected chi connectivity index (χ4v) is 3.06. The first-order valence-corrected chi connectivity index (χ1v) is 9.91. The Morgan fingerprint density at radius 1 is 1.07 bits per heavy atom. The van der Waals surface area contributed by atoms with Crippen molar-refractivity contribution in [3.8, 4) is 17.2 Å². The Morgan fingerprint density at radius 3 is 2.33 bits per heavy atom. The lowest BCUT2D eigenvalue weighted by Crippen LogP contribution is -2.38. The first-order chi connectivity index (χ1) is 14.2. The monoisotopic (exact) mass is 415 g/mol. The van der Waals surface area contributed by atoms with E-state index in [1.54, 1.807) is 13.8 Å². The second-order valence-corrected chi connectivity index (χ2v) is 7.52. The van der Waals surface area contributed by atoms with Crippen molar-refractivity contribution in [3.05, 3.63) is 48.3 Å². The largest absolute Gasteiger partial charge is 0.503 e. The van der Waals surface area contributed by atoms with E-state index in [1.165, 1.54) is 19.4 Å². The second-order valence-electron chi connectivity index (χ2n) is 7.52. The highest BCUT2D eigenvalue weighted by molar-refractivity contribution is 5.99. The number of esters is 1. The number of aromatic nitrogens is 1. The number of methoxy groups -OCH3 is 1. The molecule has 7 nitrogen and oxygen atoms in total. The van der Waals surface area contributed by atoms with E-state index < -0.39 is 23.8 Å². The third-order valence-electron chi connectivity index (χ3n) is 4.70. The van der Waals surface area contributed by atoms with Crippen molar-refractivity contribution in [1.82, 2.24) is 4.98 Å². The number of nitrogens with zero attached hydrogens (tertiary/aromatic N) is 1. The Kier molecular flexibility index (Phi) is 8.21. The van der Waals surface area contributed by atoms with Crippen LogP contribution < -0.4 is 9.47 Å². The van der Waals surface area contributed by atoms with Crippen LogP contribution in [0.2, 0.25) is 0 Å². The molecule has 1 aromatic heterocycles. The van der Waals surface area contributed by atoms with Gasteiger partial charge in [-0.15, -0.1) is 0 Å². The Balaban J connectivity index is 2.00. The Bertz CT molecular complexity index is 852. The minimum atomic E-state index is -0.711. The van der Waals surface area contributed by atoms with Gasteiger partial charge in [0, 0.05) is 18.7 Å². The summed E-state index contributed by atoms with van der Waals surface area (Å²) in [4.78, 5) is 29.0. The molecule has 0 aliphatic rings. The number of hydrogen-bond acceptors (Lipinski definition) is 7. The zero-order chi connectivity index (χ0) is 22.3. The highest BCUT2D eigenvalue weighted by Gasteiger charge is 2.29. The molecule has 162 valence electrons. The molecule has 0 fully saturated rings. The number of carbonyl (C=O) groups excluding carboxylic acids is 2. The Morgan fingerprint density at radius 2 is 1.73 bits per heavy atom.